The van der Waals surface area contributed by atoms with Crippen LogP contribution in [0.15, 0.2) is 24.3 Å². The van der Waals surface area contributed by atoms with Gasteiger partial charge in [-0.3, -0.25) is 0 Å². The second-order valence-corrected chi connectivity index (χ2v) is 16.3. The predicted octanol–water partition coefficient (Wildman–Crippen LogP) is -0.141. The van der Waals surface area contributed by atoms with Crippen LogP contribution in [0.2, 0.25) is 0 Å². The van der Waals surface area contributed by atoms with Gasteiger partial charge in [0.2, 0.25) is 0 Å². The van der Waals surface area contributed by atoms with E-state index < -0.39 is 12.3 Å². The molecule has 130 valence electrons. The van der Waals surface area contributed by atoms with E-state index in [1.54, 1.807) is 0 Å². The van der Waals surface area contributed by atoms with Crippen molar-refractivity contribution in [2.75, 3.05) is 41.4 Å². The summed E-state index contributed by atoms with van der Waals surface area (Å²) in [4.78, 5) is 11.8. The molecule has 0 radical (unpaired) electrons. The molecule has 0 amide bonds. The molecule has 8 nitrogen and oxygen atoms in total. The van der Waals surface area contributed by atoms with E-state index in [1.165, 1.54) is 4.35 Å². The van der Waals surface area contributed by atoms with E-state index in [-0.39, 0.29) is 11.9 Å². The van der Waals surface area contributed by atoms with Gasteiger partial charge in [-0.2, -0.15) is 0 Å². The molecule has 9 N–H and O–H groups in total. The minimum absolute atomic E-state index is 0.0887. The van der Waals surface area contributed by atoms with Crippen molar-refractivity contribution in [3.63, 3.8) is 0 Å². The Morgan fingerprint density at radius 1 is 0.875 bits per heavy atom. The molecule has 0 aliphatic heterocycles. The van der Waals surface area contributed by atoms with Gasteiger partial charge in [-0.15, -0.1) is 0 Å². The topological polar surface area (TPSA) is 155 Å². The first-order chi connectivity index (χ1) is 11.6. The van der Waals surface area contributed by atoms with Gasteiger partial charge >= 0.3 is 152 Å². The molecule has 0 saturated carbocycles. The molecule has 1 aromatic carbocycles. The average molecular weight is 428 g/mol. The predicted molar refractivity (Wildman–Crippen MR) is 107 cm³/mol. The fraction of sp³-hybridized carbons (Fsp3) is 0.308. The molecule has 24 heavy (non-hydrogen) atoms. The molecule has 2 rings (SSSR count). The van der Waals surface area contributed by atoms with Crippen molar-refractivity contribution in [3.8, 4) is 0 Å². The van der Waals surface area contributed by atoms with Crippen molar-refractivity contribution in [1.82, 2.24) is 15.0 Å². The normalized spacial score (nSPS) is 11.0. The van der Waals surface area contributed by atoms with Crippen LogP contribution >= 0.6 is 20.0 Å². The van der Waals surface area contributed by atoms with Crippen LogP contribution in [0.3, 0.4) is 0 Å². The Kier molecular flexibility index (Phi) is 7.93. The third-order valence-corrected chi connectivity index (χ3v) is 16.2. The molecule has 0 saturated heterocycles. The first kappa shape index (κ1) is 19.1. The third-order valence-electron chi connectivity index (χ3n) is 2.66. The summed E-state index contributed by atoms with van der Waals surface area (Å²) < 4.78 is 1.36. The monoisotopic (exact) mass is 428 g/mol. The molecule has 0 atom stereocenters. The number of anilines is 4. The van der Waals surface area contributed by atoms with Crippen LogP contribution in [-0.2, 0) is 0 Å². The fourth-order valence-electron chi connectivity index (χ4n) is 1.72. The average Bonchev–Trinajstić information content (AvgIpc) is 2.55. The van der Waals surface area contributed by atoms with Gasteiger partial charge in [-0.1, -0.05) is 0 Å². The molecule has 11 heteroatoms. The van der Waals surface area contributed by atoms with E-state index >= 15 is 0 Å². The van der Waals surface area contributed by atoms with Crippen LogP contribution in [0, 0.1) is 0 Å². The first-order valence-electron chi connectivity index (χ1n) is 7.22. The number of nitrogens with zero attached hydrogens (tertiary/aromatic N) is 3. The molecule has 0 spiro atoms. The Labute approximate surface area is 152 Å². The van der Waals surface area contributed by atoms with Gasteiger partial charge in [0.05, 0.1) is 0 Å². The molecule has 2 aromatic rings. The molecule has 0 bridgehead atoms. The Morgan fingerprint density at radius 2 is 1.42 bits per heavy atom. The number of nitrogens with one attached hydrogen (secondary N) is 1. The van der Waals surface area contributed by atoms with Crippen molar-refractivity contribution in [2.45, 2.75) is 0 Å². The number of aromatic nitrogens is 3. The summed E-state index contributed by atoms with van der Waals surface area (Å²) in [6.45, 7) is 1.39. The number of nitrogen functional groups attached to an aromatic ring is 2. The quantitative estimate of drug-likeness (QED) is 0.341. The first-order valence-corrected chi connectivity index (χ1v) is 14.6. The zero-order chi connectivity index (χ0) is 17.4. The molecular weight excluding hydrogens is 407 g/mol. The third kappa shape index (κ3) is 6.03. The Hall–Kier alpha value is -1.19. The van der Waals surface area contributed by atoms with Gasteiger partial charge in [0.1, 0.15) is 0 Å². The summed E-state index contributed by atoms with van der Waals surface area (Å²) in [5.74, 6) is 2.45. The molecule has 1 heterocycles. The SMILES string of the molecule is NCCS[As](SCCN)c1ccc(Nc2nc(N)nc(N)n2)cc1. The van der Waals surface area contributed by atoms with E-state index in [9.17, 15) is 0 Å². The number of nitrogens with two attached hydrogens (primary N) is 4. The fourth-order valence-corrected chi connectivity index (χ4v) is 14.0. The van der Waals surface area contributed by atoms with Crippen LogP contribution < -0.4 is 32.6 Å². The van der Waals surface area contributed by atoms with Crippen LogP contribution in [0.1, 0.15) is 0 Å². The molecule has 0 aliphatic rings. The van der Waals surface area contributed by atoms with Crippen LogP contribution in [-0.4, -0.2) is 51.9 Å². The van der Waals surface area contributed by atoms with E-state index in [0.29, 0.717) is 19.0 Å². The molecule has 1 aromatic heterocycles. The Morgan fingerprint density at radius 3 is 1.92 bits per heavy atom. The zero-order valence-electron chi connectivity index (χ0n) is 13.1. The number of rotatable bonds is 9. The summed E-state index contributed by atoms with van der Waals surface area (Å²) >= 11 is -1.26. The van der Waals surface area contributed by atoms with Gasteiger partial charge in [0.15, 0.2) is 0 Å². The van der Waals surface area contributed by atoms with Crippen molar-refractivity contribution in [2.24, 2.45) is 11.5 Å². The minimum atomic E-state index is -1.26. The van der Waals surface area contributed by atoms with Crippen LogP contribution in [0.25, 0.3) is 0 Å². The number of hydrogen-bond donors (Lipinski definition) is 5. The second kappa shape index (κ2) is 9.95. The van der Waals surface area contributed by atoms with E-state index in [0.717, 1.165) is 17.2 Å². The van der Waals surface area contributed by atoms with E-state index in [2.05, 4.69) is 32.4 Å². The van der Waals surface area contributed by atoms with Gasteiger partial charge in [-0.25, -0.2) is 0 Å². The number of hydrogen-bond acceptors (Lipinski definition) is 10. The van der Waals surface area contributed by atoms with E-state index in [4.69, 9.17) is 22.9 Å². The number of benzene rings is 1. The van der Waals surface area contributed by atoms with Crippen LogP contribution in [0.5, 0.6) is 0 Å². The second-order valence-electron chi connectivity index (χ2n) is 4.55. The maximum atomic E-state index is 5.64. The Bertz CT molecular complexity index is 614. The maximum absolute atomic E-state index is 5.64. The van der Waals surface area contributed by atoms with Crippen molar-refractivity contribution in [1.29, 1.82) is 0 Å². The summed E-state index contributed by atoms with van der Waals surface area (Å²) in [7, 11) is 3.94. The van der Waals surface area contributed by atoms with Gasteiger partial charge in [-0.05, 0) is 0 Å². The van der Waals surface area contributed by atoms with Gasteiger partial charge in [0, 0.05) is 0 Å². The van der Waals surface area contributed by atoms with Crippen LogP contribution in [0.4, 0.5) is 23.5 Å². The molecule has 0 unspecified atom stereocenters. The summed E-state index contributed by atoms with van der Waals surface area (Å²) in [6.07, 6.45) is 0. The molecular formula is C13H21AsN8S2. The summed E-state index contributed by atoms with van der Waals surface area (Å²) in [6, 6.07) is 8.26. The van der Waals surface area contributed by atoms with Crippen molar-refractivity contribution < 1.29 is 0 Å². The van der Waals surface area contributed by atoms with E-state index in [1.807, 2.05) is 32.2 Å². The van der Waals surface area contributed by atoms with Gasteiger partial charge in [0.25, 0.3) is 0 Å². The molecule has 0 aliphatic carbocycles. The molecule has 0 fully saturated rings. The Balaban J connectivity index is 2.07. The van der Waals surface area contributed by atoms with Crippen molar-refractivity contribution >= 4 is 60.3 Å². The summed E-state index contributed by atoms with van der Waals surface area (Å²) in [5, 5.41) is 3.08. The zero-order valence-corrected chi connectivity index (χ0v) is 16.6. The standard InChI is InChI=1S/C13H21AsN8S2/c15-5-7-23-14(24-8-6-16)9-1-3-10(4-2-9)19-13-21-11(17)20-12(18)22-13/h1-4H,5-8,15-16H2,(H5,17,18,19,20,21,22). The van der Waals surface area contributed by atoms with Crippen molar-refractivity contribution in [3.05, 3.63) is 24.3 Å². The van der Waals surface area contributed by atoms with Gasteiger partial charge < -0.3 is 0 Å². The summed E-state index contributed by atoms with van der Waals surface area (Å²) in [5.41, 5.74) is 23.3.